The zero-order chi connectivity index (χ0) is 16.8. The zero-order valence-corrected chi connectivity index (χ0v) is 14.3. The predicted molar refractivity (Wildman–Crippen MR) is 92.6 cm³/mol. The van der Waals surface area contributed by atoms with Gasteiger partial charge in [-0.1, -0.05) is 6.07 Å². The van der Waals surface area contributed by atoms with Crippen LogP contribution >= 0.6 is 12.4 Å². The van der Waals surface area contributed by atoms with Crippen LogP contribution in [0.1, 0.15) is 30.1 Å². The molecule has 1 aliphatic heterocycles. The van der Waals surface area contributed by atoms with E-state index in [-0.39, 0.29) is 30.8 Å². The van der Waals surface area contributed by atoms with Crippen molar-refractivity contribution in [2.45, 2.75) is 25.8 Å². The number of carbonyl (C=O) groups excluding carboxylic acids is 2. The molecule has 8 heteroatoms. The first kappa shape index (κ1) is 19.9. The molecule has 0 saturated carbocycles. The van der Waals surface area contributed by atoms with E-state index in [1.165, 1.54) is 0 Å². The van der Waals surface area contributed by atoms with E-state index in [0.717, 1.165) is 6.42 Å². The smallest absolute Gasteiger partial charge is 0.320 e. The van der Waals surface area contributed by atoms with E-state index in [9.17, 15) is 14.4 Å². The molecule has 0 spiro atoms. The van der Waals surface area contributed by atoms with Gasteiger partial charge in [-0.15, -0.1) is 12.4 Å². The third kappa shape index (κ3) is 5.21. The van der Waals surface area contributed by atoms with Crippen LogP contribution in [0.15, 0.2) is 24.3 Å². The fourth-order valence-electron chi connectivity index (χ4n) is 2.68. The number of aliphatic carboxylic acids is 1. The Morgan fingerprint density at radius 2 is 2.08 bits per heavy atom. The van der Waals surface area contributed by atoms with Gasteiger partial charge < -0.3 is 15.7 Å². The molecule has 7 nitrogen and oxygen atoms in total. The second-order valence-corrected chi connectivity index (χ2v) is 5.46. The quantitative estimate of drug-likeness (QED) is 0.715. The van der Waals surface area contributed by atoms with E-state index in [1.807, 2.05) is 6.92 Å². The largest absolute Gasteiger partial charge is 0.480 e. The minimum absolute atomic E-state index is 0. The molecule has 1 fully saturated rings. The van der Waals surface area contributed by atoms with Gasteiger partial charge in [0.05, 0.1) is 6.54 Å². The molecule has 1 aliphatic rings. The highest BCUT2D eigenvalue weighted by Gasteiger charge is 2.31. The molecule has 0 radical (unpaired) electrons. The molecule has 1 aromatic rings. The lowest BCUT2D eigenvalue weighted by Crippen LogP contribution is -2.40. The molecule has 1 aromatic carbocycles. The Balaban J connectivity index is 0.00000288. The summed E-state index contributed by atoms with van der Waals surface area (Å²) in [5, 5.41) is 14.5. The summed E-state index contributed by atoms with van der Waals surface area (Å²) < 4.78 is 0. The lowest BCUT2D eigenvalue weighted by Gasteiger charge is -2.20. The number of benzene rings is 1. The van der Waals surface area contributed by atoms with Crippen molar-refractivity contribution in [2.24, 2.45) is 0 Å². The van der Waals surface area contributed by atoms with Gasteiger partial charge in [-0.25, -0.2) is 0 Å². The van der Waals surface area contributed by atoms with Gasteiger partial charge in [0.25, 0.3) is 5.91 Å². The van der Waals surface area contributed by atoms with E-state index < -0.39 is 12.0 Å². The topological polar surface area (TPSA) is 98.7 Å². The van der Waals surface area contributed by atoms with Gasteiger partial charge >= 0.3 is 5.97 Å². The molecule has 1 heterocycles. The lowest BCUT2D eigenvalue weighted by molar-refractivity contribution is -0.142. The second kappa shape index (κ2) is 9.24. The van der Waals surface area contributed by atoms with Crippen molar-refractivity contribution < 1.29 is 19.5 Å². The molecule has 1 saturated heterocycles. The van der Waals surface area contributed by atoms with Crippen LogP contribution in [0, 0.1) is 0 Å². The number of anilines is 1. The maximum absolute atomic E-state index is 12.1. The number of hydrogen-bond donors (Lipinski definition) is 3. The molecule has 0 aromatic heterocycles. The van der Waals surface area contributed by atoms with E-state index >= 15 is 0 Å². The number of likely N-dealkylation sites (tertiary alicyclic amines) is 1. The molecule has 2 amide bonds. The molecular weight excluding hydrogens is 334 g/mol. The minimum atomic E-state index is -0.895. The number of nitrogens with zero attached hydrogens (tertiary/aromatic N) is 1. The fraction of sp³-hybridized carbons (Fsp3) is 0.438. The van der Waals surface area contributed by atoms with Crippen molar-refractivity contribution in [3.8, 4) is 0 Å². The van der Waals surface area contributed by atoms with E-state index in [4.69, 9.17) is 5.11 Å². The lowest BCUT2D eigenvalue weighted by atomic mass is 10.2. The van der Waals surface area contributed by atoms with Crippen LogP contribution < -0.4 is 10.6 Å². The first-order valence-electron chi connectivity index (χ1n) is 7.66. The van der Waals surface area contributed by atoms with Gasteiger partial charge in [0.1, 0.15) is 6.04 Å². The predicted octanol–water partition coefficient (Wildman–Crippen LogP) is 1.35. The summed E-state index contributed by atoms with van der Waals surface area (Å²) in [4.78, 5) is 36.7. The first-order chi connectivity index (χ1) is 11.0. The van der Waals surface area contributed by atoms with Gasteiger partial charge in [0.15, 0.2) is 0 Å². The summed E-state index contributed by atoms with van der Waals surface area (Å²) in [5.41, 5.74) is 0.985. The summed E-state index contributed by atoms with van der Waals surface area (Å²) >= 11 is 0. The average Bonchev–Trinajstić information content (AvgIpc) is 2.96. The van der Waals surface area contributed by atoms with E-state index in [2.05, 4.69) is 10.6 Å². The van der Waals surface area contributed by atoms with Crippen LogP contribution in [-0.2, 0) is 9.59 Å². The Labute approximate surface area is 146 Å². The number of nitrogens with one attached hydrogen (secondary N) is 2. The SMILES string of the molecule is CCNC(=O)c1cccc(NC(=O)CN2CCC[C@H]2C(=O)O)c1.Cl. The van der Waals surface area contributed by atoms with Gasteiger partial charge in [0.2, 0.25) is 5.91 Å². The van der Waals surface area contributed by atoms with Crippen molar-refractivity contribution >= 4 is 35.9 Å². The molecule has 2 rings (SSSR count). The molecule has 0 aliphatic carbocycles. The molecule has 0 bridgehead atoms. The highest BCUT2D eigenvalue weighted by Crippen LogP contribution is 2.17. The normalized spacial score (nSPS) is 17.0. The van der Waals surface area contributed by atoms with Crippen molar-refractivity contribution in [1.82, 2.24) is 10.2 Å². The number of carboxylic acids is 1. The third-order valence-corrected chi connectivity index (χ3v) is 3.74. The summed E-state index contributed by atoms with van der Waals surface area (Å²) in [6, 6.07) is 6.06. The Morgan fingerprint density at radius 3 is 2.75 bits per heavy atom. The molecule has 132 valence electrons. The molecule has 3 N–H and O–H groups in total. The standard InChI is InChI=1S/C16H21N3O4.ClH/c1-2-17-15(21)11-5-3-6-12(9-11)18-14(20)10-19-8-4-7-13(19)16(22)23;/h3,5-6,9,13H,2,4,7-8,10H2,1H3,(H,17,21)(H,18,20)(H,22,23);1H/t13-;/m0./s1. The number of rotatable bonds is 6. The van der Waals surface area contributed by atoms with E-state index in [0.29, 0.717) is 30.8 Å². The summed E-state index contributed by atoms with van der Waals surface area (Å²) in [6.07, 6.45) is 1.34. The van der Waals surface area contributed by atoms with Gasteiger partial charge in [-0.05, 0) is 44.5 Å². The van der Waals surface area contributed by atoms with Crippen LogP contribution in [0.2, 0.25) is 0 Å². The van der Waals surface area contributed by atoms with Crippen LogP contribution in [0.3, 0.4) is 0 Å². The van der Waals surface area contributed by atoms with Crippen LogP contribution in [0.25, 0.3) is 0 Å². The van der Waals surface area contributed by atoms with Gasteiger partial charge in [0, 0.05) is 17.8 Å². The Morgan fingerprint density at radius 1 is 1.33 bits per heavy atom. The highest BCUT2D eigenvalue weighted by molar-refractivity contribution is 5.97. The molecule has 24 heavy (non-hydrogen) atoms. The molecular formula is C16H22ClN3O4. The monoisotopic (exact) mass is 355 g/mol. The maximum atomic E-state index is 12.1. The van der Waals surface area contributed by atoms with Crippen LogP contribution in [0.4, 0.5) is 5.69 Å². The van der Waals surface area contributed by atoms with Crippen molar-refractivity contribution in [2.75, 3.05) is 25.0 Å². The van der Waals surface area contributed by atoms with Crippen LogP contribution in [-0.4, -0.2) is 53.5 Å². The van der Waals surface area contributed by atoms with Gasteiger partial charge in [-0.3, -0.25) is 19.3 Å². The average molecular weight is 356 g/mol. The number of hydrogen-bond acceptors (Lipinski definition) is 4. The Hall–Kier alpha value is -2.12. The number of halogens is 1. The zero-order valence-electron chi connectivity index (χ0n) is 13.4. The second-order valence-electron chi connectivity index (χ2n) is 5.46. The van der Waals surface area contributed by atoms with E-state index in [1.54, 1.807) is 29.2 Å². The fourth-order valence-corrected chi connectivity index (χ4v) is 2.68. The Bertz CT molecular complexity index is 609. The van der Waals surface area contributed by atoms with Crippen molar-refractivity contribution in [3.63, 3.8) is 0 Å². The minimum Gasteiger partial charge on any atom is -0.480 e. The summed E-state index contributed by atoms with van der Waals surface area (Å²) in [7, 11) is 0. The Kier molecular flexibility index (Phi) is 7.67. The third-order valence-electron chi connectivity index (χ3n) is 3.74. The number of carbonyl (C=O) groups is 3. The van der Waals surface area contributed by atoms with Crippen LogP contribution in [0.5, 0.6) is 0 Å². The first-order valence-corrected chi connectivity index (χ1v) is 7.66. The summed E-state index contributed by atoms with van der Waals surface area (Å²) in [6.45, 7) is 2.99. The molecule has 1 atom stereocenters. The number of amides is 2. The maximum Gasteiger partial charge on any atom is 0.320 e. The van der Waals surface area contributed by atoms with Crippen molar-refractivity contribution in [1.29, 1.82) is 0 Å². The number of carboxylic acid groups (broad SMARTS) is 1. The summed E-state index contributed by atoms with van der Waals surface area (Å²) in [5.74, 6) is -1.38. The highest BCUT2D eigenvalue weighted by atomic mass is 35.5. The van der Waals surface area contributed by atoms with Crippen molar-refractivity contribution in [3.05, 3.63) is 29.8 Å². The molecule has 0 unspecified atom stereocenters. The van der Waals surface area contributed by atoms with Gasteiger partial charge in [-0.2, -0.15) is 0 Å².